The summed E-state index contributed by atoms with van der Waals surface area (Å²) in [6.45, 7) is 4.36. The highest BCUT2D eigenvalue weighted by Gasteiger charge is 2.30. The van der Waals surface area contributed by atoms with E-state index in [1.165, 1.54) is 11.3 Å². The van der Waals surface area contributed by atoms with Gasteiger partial charge in [0.05, 0.1) is 6.20 Å². The summed E-state index contributed by atoms with van der Waals surface area (Å²) in [7, 11) is 0. The lowest BCUT2D eigenvalue weighted by Crippen LogP contribution is -2.23. The lowest BCUT2D eigenvalue weighted by atomic mass is 10.1. The van der Waals surface area contributed by atoms with Gasteiger partial charge in [-0.1, -0.05) is 29.0 Å². The summed E-state index contributed by atoms with van der Waals surface area (Å²) in [5.41, 5.74) is 0. The molecule has 1 aliphatic heterocycles. The number of thiazole rings is 1. The van der Waals surface area contributed by atoms with Crippen molar-refractivity contribution in [1.29, 1.82) is 0 Å². The van der Waals surface area contributed by atoms with Gasteiger partial charge in [0.2, 0.25) is 5.91 Å². The van der Waals surface area contributed by atoms with Crippen LogP contribution in [0.5, 0.6) is 0 Å². The first-order valence-electron chi connectivity index (χ1n) is 4.25. The van der Waals surface area contributed by atoms with Gasteiger partial charge in [-0.15, -0.1) is 6.58 Å². The number of carbonyl (C=O) groups excluding carboxylic acids is 1. The third-order valence-corrected chi connectivity index (χ3v) is 3.32. The van der Waals surface area contributed by atoms with Crippen LogP contribution in [0.15, 0.2) is 18.9 Å². The third-order valence-electron chi connectivity index (χ3n) is 2.18. The minimum atomic E-state index is 0.0981. The monoisotopic (exact) mass is 228 g/mol. The zero-order chi connectivity index (χ0) is 10.1. The highest BCUT2D eigenvalue weighted by molar-refractivity contribution is 7.19. The predicted octanol–water partition coefficient (Wildman–Crippen LogP) is 2.34. The number of carbonyl (C=O) groups is 1. The summed E-state index contributed by atoms with van der Waals surface area (Å²) >= 11 is 7.08. The Morgan fingerprint density at radius 1 is 1.79 bits per heavy atom. The van der Waals surface area contributed by atoms with Crippen LogP contribution in [0.3, 0.4) is 0 Å². The fourth-order valence-corrected chi connectivity index (χ4v) is 2.38. The van der Waals surface area contributed by atoms with Crippen molar-refractivity contribution in [2.24, 2.45) is 5.92 Å². The first-order chi connectivity index (χ1) is 6.70. The fourth-order valence-electron chi connectivity index (χ4n) is 1.45. The Hall–Kier alpha value is -0.870. The van der Waals surface area contributed by atoms with Crippen LogP contribution in [0.4, 0.5) is 5.13 Å². The summed E-state index contributed by atoms with van der Waals surface area (Å²) < 4.78 is 0.606. The van der Waals surface area contributed by atoms with E-state index in [0.717, 1.165) is 0 Å². The van der Waals surface area contributed by atoms with Crippen molar-refractivity contribution in [3.63, 3.8) is 0 Å². The van der Waals surface area contributed by atoms with E-state index in [4.69, 9.17) is 11.6 Å². The number of amides is 1. The molecule has 1 atom stereocenters. The van der Waals surface area contributed by atoms with E-state index in [-0.39, 0.29) is 11.8 Å². The summed E-state index contributed by atoms with van der Waals surface area (Å²) in [5, 5.41) is 0.685. The Balaban J connectivity index is 2.20. The molecule has 0 saturated carbocycles. The maximum absolute atomic E-state index is 11.6. The molecule has 1 aromatic heterocycles. The van der Waals surface area contributed by atoms with Crippen molar-refractivity contribution in [3.05, 3.63) is 23.2 Å². The SMILES string of the molecule is C=CC1CC(=O)N(c2ncc(Cl)s2)C1. The van der Waals surface area contributed by atoms with E-state index in [9.17, 15) is 4.79 Å². The van der Waals surface area contributed by atoms with E-state index in [2.05, 4.69) is 11.6 Å². The van der Waals surface area contributed by atoms with Gasteiger partial charge in [-0.2, -0.15) is 0 Å². The molecule has 1 unspecified atom stereocenters. The number of hydrogen-bond donors (Lipinski definition) is 0. The van der Waals surface area contributed by atoms with Crippen molar-refractivity contribution in [2.45, 2.75) is 6.42 Å². The molecule has 3 nitrogen and oxygen atoms in total. The summed E-state index contributed by atoms with van der Waals surface area (Å²) in [6, 6.07) is 0. The van der Waals surface area contributed by atoms with Crippen LogP contribution in [-0.2, 0) is 4.79 Å². The summed E-state index contributed by atoms with van der Waals surface area (Å²) in [5.74, 6) is 0.339. The Morgan fingerprint density at radius 3 is 3.07 bits per heavy atom. The first kappa shape index (κ1) is 9.68. The van der Waals surface area contributed by atoms with E-state index in [0.29, 0.717) is 22.4 Å². The van der Waals surface area contributed by atoms with E-state index >= 15 is 0 Å². The van der Waals surface area contributed by atoms with Gasteiger partial charge in [-0.3, -0.25) is 9.69 Å². The Morgan fingerprint density at radius 2 is 2.57 bits per heavy atom. The van der Waals surface area contributed by atoms with Gasteiger partial charge >= 0.3 is 0 Å². The Labute approximate surface area is 91.0 Å². The molecule has 1 fully saturated rings. The lowest BCUT2D eigenvalue weighted by molar-refractivity contribution is -0.117. The van der Waals surface area contributed by atoms with Gasteiger partial charge in [0.1, 0.15) is 4.34 Å². The zero-order valence-corrected chi connectivity index (χ0v) is 9.01. The van der Waals surface area contributed by atoms with Crippen molar-refractivity contribution >= 4 is 34.0 Å². The van der Waals surface area contributed by atoms with Crippen LogP contribution in [0.1, 0.15) is 6.42 Å². The number of anilines is 1. The molecular formula is C9H9ClN2OS. The molecule has 1 amide bonds. The fraction of sp³-hybridized carbons (Fsp3) is 0.333. The molecule has 0 bridgehead atoms. The van der Waals surface area contributed by atoms with Crippen LogP contribution in [0.25, 0.3) is 0 Å². The average molecular weight is 229 g/mol. The molecule has 0 N–H and O–H groups in total. The van der Waals surface area contributed by atoms with Gasteiger partial charge in [0.15, 0.2) is 5.13 Å². The molecule has 0 aliphatic carbocycles. The van der Waals surface area contributed by atoms with Gasteiger partial charge in [-0.25, -0.2) is 4.98 Å². The van der Waals surface area contributed by atoms with Crippen LogP contribution < -0.4 is 4.90 Å². The second-order valence-corrected chi connectivity index (χ2v) is 4.79. The summed E-state index contributed by atoms with van der Waals surface area (Å²) in [6.07, 6.45) is 3.91. The molecule has 74 valence electrons. The average Bonchev–Trinajstić information content (AvgIpc) is 2.71. The second-order valence-electron chi connectivity index (χ2n) is 3.15. The Kier molecular flexibility index (Phi) is 2.56. The molecule has 1 saturated heterocycles. The van der Waals surface area contributed by atoms with E-state index in [1.807, 2.05) is 6.08 Å². The standard InChI is InChI=1S/C9H9ClN2OS/c1-2-6-3-8(13)12(5-6)9-11-4-7(10)14-9/h2,4,6H,1,3,5H2. The topological polar surface area (TPSA) is 33.2 Å². The number of nitrogens with zero attached hydrogens (tertiary/aromatic N) is 2. The van der Waals surface area contributed by atoms with Gasteiger partial charge in [-0.05, 0) is 0 Å². The minimum Gasteiger partial charge on any atom is -0.287 e. The third kappa shape index (κ3) is 1.67. The van der Waals surface area contributed by atoms with Crippen molar-refractivity contribution in [1.82, 2.24) is 4.98 Å². The van der Waals surface area contributed by atoms with Crippen LogP contribution in [-0.4, -0.2) is 17.4 Å². The largest absolute Gasteiger partial charge is 0.287 e. The molecule has 0 radical (unpaired) electrons. The Bertz CT molecular complexity index is 377. The smallest absolute Gasteiger partial charge is 0.229 e. The van der Waals surface area contributed by atoms with E-state index in [1.54, 1.807) is 11.1 Å². The predicted molar refractivity (Wildman–Crippen MR) is 57.8 cm³/mol. The molecule has 1 aromatic rings. The highest BCUT2D eigenvalue weighted by Crippen LogP contribution is 2.31. The number of halogens is 1. The van der Waals surface area contributed by atoms with Crippen LogP contribution >= 0.6 is 22.9 Å². The molecule has 1 aliphatic rings. The number of hydrogen-bond acceptors (Lipinski definition) is 3. The highest BCUT2D eigenvalue weighted by atomic mass is 35.5. The molecule has 0 spiro atoms. The molecule has 5 heteroatoms. The number of rotatable bonds is 2. The maximum Gasteiger partial charge on any atom is 0.229 e. The molecular weight excluding hydrogens is 220 g/mol. The molecule has 2 rings (SSSR count). The zero-order valence-electron chi connectivity index (χ0n) is 7.44. The lowest BCUT2D eigenvalue weighted by Gasteiger charge is -2.10. The van der Waals surface area contributed by atoms with Gasteiger partial charge in [0, 0.05) is 18.9 Å². The van der Waals surface area contributed by atoms with Gasteiger partial charge < -0.3 is 0 Å². The van der Waals surface area contributed by atoms with Gasteiger partial charge in [0.25, 0.3) is 0 Å². The van der Waals surface area contributed by atoms with Crippen LogP contribution in [0, 0.1) is 5.92 Å². The second kappa shape index (κ2) is 3.71. The van der Waals surface area contributed by atoms with E-state index < -0.39 is 0 Å². The van der Waals surface area contributed by atoms with Crippen molar-refractivity contribution in [2.75, 3.05) is 11.4 Å². The van der Waals surface area contributed by atoms with Crippen molar-refractivity contribution < 1.29 is 4.79 Å². The van der Waals surface area contributed by atoms with Crippen molar-refractivity contribution in [3.8, 4) is 0 Å². The maximum atomic E-state index is 11.6. The number of aromatic nitrogens is 1. The molecule has 2 heterocycles. The van der Waals surface area contributed by atoms with Crippen LogP contribution in [0.2, 0.25) is 4.34 Å². The quantitative estimate of drug-likeness (QED) is 0.728. The molecule has 0 aromatic carbocycles. The minimum absolute atomic E-state index is 0.0981. The summed E-state index contributed by atoms with van der Waals surface area (Å²) in [4.78, 5) is 17.3. The normalized spacial score (nSPS) is 21.6. The molecule has 14 heavy (non-hydrogen) atoms. The first-order valence-corrected chi connectivity index (χ1v) is 5.44.